The van der Waals surface area contributed by atoms with Crippen molar-refractivity contribution >= 4 is 0 Å². The van der Waals surface area contributed by atoms with Crippen molar-refractivity contribution in [2.75, 3.05) is 6.54 Å². The standard InChI is InChI=1S/C17H29NO/c19-16-3-1-15(2-4-16)18-11-17-8-12-5-13(9-17)7-14(6-12)10-17/h12-16,18-19H,1-11H2. The Morgan fingerprint density at radius 3 is 1.89 bits per heavy atom. The van der Waals surface area contributed by atoms with Gasteiger partial charge in [0, 0.05) is 12.6 Å². The normalized spacial score (nSPS) is 52.6. The second-order valence-electron chi connectivity index (χ2n) is 8.30. The molecule has 5 saturated carbocycles. The molecule has 0 atom stereocenters. The minimum absolute atomic E-state index is 0.0161. The molecule has 4 bridgehead atoms. The Morgan fingerprint density at radius 1 is 0.842 bits per heavy atom. The molecule has 0 spiro atoms. The lowest BCUT2D eigenvalue weighted by Gasteiger charge is -2.57. The number of hydrogen-bond donors (Lipinski definition) is 2. The predicted octanol–water partition coefficient (Wildman–Crippen LogP) is 3.10. The first kappa shape index (κ1) is 12.6. The first-order valence-electron chi connectivity index (χ1n) is 8.62. The summed E-state index contributed by atoms with van der Waals surface area (Å²) >= 11 is 0. The van der Waals surface area contributed by atoms with Crippen LogP contribution in [-0.4, -0.2) is 23.8 Å². The minimum atomic E-state index is -0.0161. The summed E-state index contributed by atoms with van der Waals surface area (Å²) in [6.07, 6.45) is 13.6. The van der Waals surface area contributed by atoms with E-state index in [1.807, 2.05) is 0 Å². The fourth-order valence-corrected chi connectivity index (χ4v) is 6.15. The summed E-state index contributed by atoms with van der Waals surface area (Å²) in [5, 5.41) is 13.5. The molecule has 2 nitrogen and oxygen atoms in total. The molecule has 0 aromatic rings. The Kier molecular flexibility index (Phi) is 3.15. The highest BCUT2D eigenvalue weighted by molar-refractivity contribution is 5.02. The van der Waals surface area contributed by atoms with Gasteiger partial charge in [-0.05, 0) is 87.4 Å². The average molecular weight is 263 g/mol. The van der Waals surface area contributed by atoms with E-state index in [4.69, 9.17) is 0 Å². The van der Waals surface area contributed by atoms with Crippen molar-refractivity contribution in [3.05, 3.63) is 0 Å². The number of hydrogen-bond acceptors (Lipinski definition) is 2. The smallest absolute Gasteiger partial charge is 0.0541 e. The lowest BCUT2D eigenvalue weighted by molar-refractivity contribution is -0.0533. The zero-order valence-electron chi connectivity index (χ0n) is 12.1. The van der Waals surface area contributed by atoms with Gasteiger partial charge in [-0.15, -0.1) is 0 Å². The van der Waals surface area contributed by atoms with Gasteiger partial charge >= 0.3 is 0 Å². The number of nitrogens with one attached hydrogen (secondary N) is 1. The van der Waals surface area contributed by atoms with E-state index in [1.165, 1.54) is 38.6 Å². The van der Waals surface area contributed by atoms with Gasteiger partial charge in [0.05, 0.1) is 6.10 Å². The third-order valence-electron chi connectivity index (χ3n) is 6.63. The molecule has 0 heterocycles. The van der Waals surface area contributed by atoms with Gasteiger partial charge in [-0.2, -0.15) is 0 Å². The highest BCUT2D eigenvalue weighted by atomic mass is 16.3. The summed E-state index contributed by atoms with van der Waals surface area (Å²) in [4.78, 5) is 0. The van der Waals surface area contributed by atoms with E-state index in [0.717, 1.165) is 30.6 Å². The van der Waals surface area contributed by atoms with Crippen molar-refractivity contribution in [2.45, 2.75) is 76.4 Å². The number of rotatable bonds is 3. The first-order chi connectivity index (χ1) is 9.21. The van der Waals surface area contributed by atoms with E-state index in [2.05, 4.69) is 5.32 Å². The summed E-state index contributed by atoms with van der Waals surface area (Å²) in [6, 6.07) is 0.691. The molecule has 0 amide bonds. The molecular formula is C17H29NO. The maximum Gasteiger partial charge on any atom is 0.0541 e. The van der Waals surface area contributed by atoms with Crippen LogP contribution in [0.5, 0.6) is 0 Å². The van der Waals surface area contributed by atoms with Crippen LogP contribution >= 0.6 is 0 Å². The quantitative estimate of drug-likeness (QED) is 0.820. The molecule has 0 aromatic carbocycles. The fraction of sp³-hybridized carbons (Fsp3) is 1.00. The maximum atomic E-state index is 9.60. The van der Waals surface area contributed by atoms with Crippen molar-refractivity contribution in [1.29, 1.82) is 0 Å². The van der Waals surface area contributed by atoms with Gasteiger partial charge < -0.3 is 10.4 Å². The molecule has 19 heavy (non-hydrogen) atoms. The van der Waals surface area contributed by atoms with E-state index >= 15 is 0 Å². The van der Waals surface area contributed by atoms with Crippen LogP contribution in [0.2, 0.25) is 0 Å². The van der Waals surface area contributed by atoms with Crippen molar-refractivity contribution in [3.63, 3.8) is 0 Å². The topological polar surface area (TPSA) is 32.3 Å². The lowest BCUT2D eigenvalue weighted by atomic mass is 9.49. The molecule has 0 aliphatic heterocycles. The van der Waals surface area contributed by atoms with E-state index in [9.17, 15) is 5.11 Å². The largest absolute Gasteiger partial charge is 0.393 e. The van der Waals surface area contributed by atoms with Crippen LogP contribution in [0.1, 0.15) is 64.2 Å². The SMILES string of the molecule is OC1CCC(NCC23CC4CC(CC(C4)C2)C3)CC1. The Balaban J connectivity index is 1.35. The van der Waals surface area contributed by atoms with Crippen LogP contribution < -0.4 is 5.32 Å². The second kappa shape index (κ2) is 4.73. The summed E-state index contributed by atoms with van der Waals surface area (Å²) in [5.41, 5.74) is 0.671. The fourth-order valence-electron chi connectivity index (χ4n) is 6.15. The lowest BCUT2D eigenvalue weighted by Crippen LogP contribution is -2.52. The monoisotopic (exact) mass is 263 g/mol. The van der Waals surface area contributed by atoms with E-state index in [0.29, 0.717) is 11.5 Å². The summed E-state index contributed by atoms with van der Waals surface area (Å²) in [5.74, 6) is 3.21. The van der Waals surface area contributed by atoms with Gasteiger partial charge in [-0.25, -0.2) is 0 Å². The molecule has 0 saturated heterocycles. The van der Waals surface area contributed by atoms with Crippen LogP contribution in [0.25, 0.3) is 0 Å². The molecule has 5 fully saturated rings. The molecule has 2 N–H and O–H groups in total. The van der Waals surface area contributed by atoms with E-state index in [-0.39, 0.29) is 6.10 Å². The van der Waals surface area contributed by atoms with Crippen molar-refractivity contribution in [1.82, 2.24) is 5.32 Å². The molecule has 0 radical (unpaired) electrons. The molecule has 108 valence electrons. The average Bonchev–Trinajstić information content (AvgIpc) is 2.36. The zero-order chi connectivity index (χ0) is 12.9. The third kappa shape index (κ3) is 2.47. The molecule has 5 aliphatic rings. The van der Waals surface area contributed by atoms with E-state index in [1.54, 1.807) is 19.3 Å². The Labute approximate surface area is 117 Å². The Hall–Kier alpha value is -0.0800. The molecule has 2 heteroatoms. The summed E-state index contributed by atoms with van der Waals surface area (Å²) in [6.45, 7) is 1.28. The summed E-state index contributed by atoms with van der Waals surface area (Å²) < 4.78 is 0. The molecule has 5 rings (SSSR count). The number of aliphatic hydroxyl groups excluding tert-OH is 1. The second-order valence-corrected chi connectivity index (χ2v) is 8.30. The number of aliphatic hydroxyl groups is 1. The van der Waals surface area contributed by atoms with Gasteiger partial charge in [0.2, 0.25) is 0 Å². The van der Waals surface area contributed by atoms with Crippen LogP contribution in [0.3, 0.4) is 0 Å². The first-order valence-corrected chi connectivity index (χ1v) is 8.62. The minimum Gasteiger partial charge on any atom is -0.393 e. The highest BCUT2D eigenvalue weighted by Crippen LogP contribution is 2.59. The predicted molar refractivity (Wildman–Crippen MR) is 76.9 cm³/mol. The van der Waals surface area contributed by atoms with Gasteiger partial charge in [0.15, 0.2) is 0 Å². The Bertz CT molecular complexity index is 297. The van der Waals surface area contributed by atoms with Crippen LogP contribution in [0.4, 0.5) is 0 Å². The van der Waals surface area contributed by atoms with Gasteiger partial charge in [0.1, 0.15) is 0 Å². The summed E-state index contributed by atoms with van der Waals surface area (Å²) in [7, 11) is 0. The highest BCUT2D eigenvalue weighted by Gasteiger charge is 2.50. The zero-order valence-corrected chi connectivity index (χ0v) is 12.1. The van der Waals surface area contributed by atoms with Crippen molar-refractivity contribution in [2.24, 2.45) is 23.2 Å². The molecular weight excluding hydrogens is 234 g/mol. The molecule has 0 aromatic heterocycles. The Morgan fingerprint density at radius 2 is 1.37 bits per heavy atom. The van der Waals surface area contributed by atoms with Crippen molar-refractivity contribution < 1.29 is 5.11 Å². The van der Waals surface area contributed by atoms with Crippen LogP contribution in [0, 0.1) is 23.2 Å². The van der Waals surface area contributed by atoms with E-state index < -0.39 is 0 Å². The van der Waals surface area contributed by atoms with Crippen molar-refractivity contribution in [3.8, 4) is 0 Å². The van der Waals surface area contributed by atoms with Gasteiger partial charge in [-0.1, -0.05) is 0 Å². The van der Waals surface area contributed by atoms with Crippen LogP contribution in [0.15, 0.2) is 0 Å². The van der Waals surface area contributed by atoms with Gasteiger partial charge in [0.25, 0.3) is 0 Å². The maximum absolute atomic E-state index is 9.60. The van der Waals surface area contributed by atoms with Crippen LogP contribution in [-0.2, 0) is 0 Å². The molecule has 5 aliphatic carbocycles. The van der Waals surface area contributed by atoms with Gasteiger partial charge in [-0.3, -0.25) is 0 Å². The molecule has 0 unspecified atom stereocenters. The third-order valence-corrected chi connectivity index (χ3v) is 6.63.